The van der Waals surface area contributed by atoms with Crippen molar-refractivity contribution >= 4 is 29.1 Å². The summed E-state index contributed by atoms with van der Waals surface area (Å²) in [5.74, 6) is -0.00797. The number of hydrogen-bond acceptors (Lipinski definition) is 4. The molecule has 1 heterocycles. The minimum Gasteiger partial charge on any atom is -0.481 e. The summed E-state index contributed by atoms with van der Waals surface area (Å²) in [5, 5.41) is 3.76. The van der Waals surface area contributed by atoms with Crippen LogP contribution in [0.1, 0.15) is 16.1 Å². The average Bonchev–Trinajstić information content (AvgIpc) is 2.46. The molecule has 5 nitrogen and oxygen atoms in total. The van der Waals surface area contributed by atoms with E-state index in [9.17, 15) is 4.79 Å². The van der Waals surface area contributed by atoms with Gasteiger partial charge in [0.1, 0.15) is 12.0 Å². The first-order valence-corrected chi connectivity index (χ1v) is 6.44. The molecule has 0 unspecified atom stereocenters. The third kappa shape index (κ3) is 3.59. The molecule has 0 fully saturated rings. The Kier molecular flexibility index (Phi) is 4.76. The van der Waals surface area contributed by atoms with E-state index in [4.69, 9.17) is 27.9 Å². The van der Waals surface area contributed by atoms with Gasteiger partial charge in [0.15, 0.2) is 0 Å². The molecule has 0 saturated heterocycles. The van der Waals surface area contributed by atoms with E-state index in [1.54, 1.807) is 18.2 Å². The number of nitrogens with zero attached hydrogens (tertiary/aromatic N) is 2. The highest BCUT2D eigenvalue weighted by Gasteiger charge is 2.10. The Hall–Kier alpha value is -1.85. The molecule has 0 radical (unpaired) electrons. The molecule has 0 bridgehead atoms. The first-order valence-electron chi connectivity index (χ1n) is 5.68. The first-order chi connectivity index (χ1) is 9.60. The summed E-state index contributed by atoms with van der Waals surface area (Å²) < 4.78 is 4.93. The monoisotopic (exact) mass is 311 g/mol. The zero-order valence-corrected chi connectivity index (χ0v) is 12.1. The van der Waals surface area contributed by atoms with Crippen LogP contribution < -0.4 is 10.1 Å². The van der Waals surface area contributed by atoms with Crippen LogP contribution in [0.2, 0.25) is 10.0 Å². The highest BCUT2D eigenvalue weighted by molar-refractivity contribution is 6.35. The number of nitrogens with one attached hydrogen (secondary N) is 1. The SMILES string of the molecule is COc1cc(C(=O)NCc2ccc(Cl)cc2Cl)ncn1. The van der Waals surface area contributed by atoms with Crippen LogP contribution in [0.15, 0.2) is 30.6 Å². The number of aromatic nitrogens is 2. The lowest BCUT2D eigenvalue weighted by Gasteiger charge is -2.07. The number of halogens is 2. The number of methoxy groups -OCH3 is 1. The highest BCUT2D eigenvalue weighted by Crippen LogP contribution is 2.20. The summed E-state index contributed by atoms with van der Waals surface area (Å²) in [6, 6.07) is 6.55. The molecule has 0 aliphatic carbocycles. The average molecular weight is 312 g/mol. The zero-order chi connectivity index (χ0) is 14.5. The van der Waals surface area contributed by atoms with Crippen LogP contribution in [0.5, 0.6) is 5.88 Å². The molecular formula is C13H11Cl2N3O2. The number of carbonyl (C=O) groups is 1. The van der Waals surface area contributed by atoms with Crippen molar-refractivity contribution in [1.82, 2.24) is 15.3 Å². The predicted molar refractivity (Wildman–Crippen MR) is 76.2 cm³/mol. The fourth-order valence-corrected chi connectivity index (χ4v) is 1.98. The smallest absolute Gasteiger partial charge is 0.270 e. The molecule has 0 spiro atoms. The second-order valence-corrected chi connectivity index (χ2v) is 4.71. The van der Waals surface area contributed by atoms with Gasteiger partial charge in [-0.3, -0.25) is 4.79 Å². The van der Waals surface area contributed by atoms with Gasteiger partial charge in [-0.2, -0.15) is 0 Å². The van der Waals surface area contributed by atoms with Gasteiger partial charge in [0.2, 0.25) is 5.88 Å². The molecule has 2 aromatic rings. The topological polar surface area (TPSA) is 64.1 Å². The molecule has 104 valence electrons. The van der Waals surface area contributed by atoms with E-state index in [1.165, 1.54) is 19.5 Å². The first kappa shape index (κ1) is 14.6. The molecule has 0 saturated carbocycles. The van der Waals surface area contributed by atoms with Crippen molar-refractivity contribution in [3.05, 3.63) is 51.9 Å². The van der Waals surface area contributed by atoms with E-state index in [1.807, 2.05) is 0 Å². The maximum Gasteiger partial charge on any atom is 0.270 e. The number of carbonyl (C=O) groups excluding carboxylic acids is 1. The summed E-state index contributed by atoms with van der Waals surface area (Å²) >= 11 is 11.8. The van der Waals surface area contributed by atoms with E-state index in [2.05, 4.69) is 15.3 Å². The van der Waals surface area contributed by atoms with Gasteiger partial charge < -0.3 is 10.1 Å². The van der Waals surface area contributed by atoms with E-state index in [-0.39, 0.29) is 18.1 Å². The van der Waals surface area contributed by atoms with Crippen LogP contribution in [-0.2, 0) is 6.54 Å². The predicted octanol–water partition coefficient (Wildman–Crippen LogP) is 2.72. The summed E-state index contributed by atoms with van der Waals surface area (Å²) in [6.45, 7) is 0.279. The second-order valence-electron chi connectivity index (χ2n) is 3.86. The van der Waals surface area contributed by atoms with Crippen LogP contribution >= 0.6 is 23.2 Å². The van der Waals surface area contributed by atoms with Gasteiger partial charge in [-0.25, -0.2) is 9.97 Å². The van der Waals surface area contributed by atoms with Crippen LogP contribution in [0.3, 0.4) is 0 Å². The Labute approximate surface area is 125 Å². The number of rotatable bonds is 4. The zero-order valence-electron chi connectivity index (χ0n) is 10.6. The molecule has 1 N–H and O–H groups in total. The summed E-state index contributed by atoms with van der Waals surface area (Å²) in [6.07, 6.45) is 1.27. The number of hydrogen-bond donors (Lipinski definition) is 1. The van der Waals surface area contributed by atoms with Crippen molar-refractivity contribution in [2.45, 2.75) is 6.54 Å². The molecule has 7 heteroatoms. The van der Waals surface area contributed by atoms with Gasteiger partial charge in [-0.1, -0.05) is 29.3 Å². The van der Waals surface area contributed by atoms with Gasteiger partial charge in [-0.15, -0.1) is 0 Å². The Bertz CT molecular complexity index is 635. The van der Waals surface area contributed by atoms with Crippen molar-refractivity contribution in [2.24, 2.45) is 0 Å². The second kappa shape index (κ2) is 6.54. The van der Waals surface area contributed by atoms with E-state index in [0.29, 0.717) is 15.9 Å². The van der Waals surface area contributed by atoms with Gasteiger partial charge in [-0.05, 0) is 17.7 Å². The minimum atomic E-state index is -0.336. The Morgan fingerprint density at radius 2 is 2.10 bits per heavy atom. The Morgan fingerprint density at radius 3 is 2.80 bits per heavy atom. The van der Waals surface area contributed by atoms with Crippen LogP contribution in [0.4, 0.5) is 0 Å². The maximum absolute atomic E-state index is 11.9. The molecule has 2 rings (SSSR count). The molecule has 1 aromatic carbocycles. The molecule has 20 heavy (non-hydrogen) atoms. The maximum atomic E-state index is 11.9. The fraction of sp³-hybridized carbons (Fsp3) is 0.154. The Morgan fingerprint density at radius 1 is 1.30 bits per heavy atom. The Balaban J connectivity index is 2.04. The summed E-state index contributed by atoms with van der Waals surface area (Å²) in [7, 11) is 1.47. The molecule has 0 atom stereocenters. The van der Waals surface area contributed by atoms with Gasteiger partial charge in [0, 0.05) is 22.7 Å². The normalized spacial score (nSPS) is 10.2. The molecule has 0 aliphatic rings. The summed E-state index contributed by atoms with van der Waals surface area (Å²) in [4.78, 5) is 19.7. The van der Waals surface area contributed by atoms with Crippen LogP contribution in [0.25, 0.3) is 0 Å². The fourth-order valence-electron chi connectivity index (χ4n) is 1.51. The lowest BCUT2D eigenvalue weighted by atomic mass is 10.2. The van der Waals surface area contributed by atoms with E-state index >= 15 is 0 Å². The van der Waals surface area contributed by atoms with Gasteiger partial charge in [0.25, 0.3) is 5.91 Å². The quantitative estimate of drug-likeness (QED) is 0.943. The number of ether oxygens (including phenoxy) is 1. The standard InChI is InChI=1S/C13H11Cl2N3O2/c1-20-12-5-11(17-7-18-12)13(19)16-6-8-2-3-9(14)4-10(8)15/h2-5,7H,6H2,1H3,(H,16,19). The lowest BCUT2D eigenvalue weighted by molar-refractivity contribution is 0.0945. The van der Waals surface area contributed by atoms with Crippen molar-refractivity contribution in [3.63, 3.8) is 0 Å². The highest BCUT2D eigenvalue weighted by atomic mass is 35.5. The number of benzene rings is 1. The lowest BCUT2D eigenvalue weighted by Crippen LogP contribution is -2.24. The van der Waals surface area contributed by atoms with E-state index in [0.717, 1.165) is 5.56 Å². The van der Waals surface area contributed by atoms with Crippen molar-refractivity contribution < 1.29 is 9.53 Å². The van der Waals surface area contributed by atoms with Gasteiger partial charge in [0.05, 0.1) is 7.11 Å². The third-order valence-electron chi connectivity index (χ3n) is 2.54. The summed E-state index contributed by atoms with van der Waals surface area (Å²) in [5.41, 5.74) is 0.993. The minimum absolute atomic E-state index is 0.224. The molecule has 0 aliphatic heterocycles. The largest absolute Gasteiger partial charge is 0.481 e. The van der Waals surface area contributed by atoms with E-state index < -0.39 is 0 Å². The molecule has 1 aromatic heterocycles. The third-order valence-corrected chi connectivity index (χ3v) is 3.13. The van der Waals surface area contributed by atoms with Crippen molar-refractivity contribution in [3.8, 4) is 5.88 Å². The number of amides is 1. The van der Waals surface area contributed by atoms with Gasteiger partial charge >= 0.3 is 0 Å². The van der Waals surface area contributed by atoms with Crippen LogP contribution in [0, 0.1) is 0 Å². The van der Waals surface area contributed by atoms with Crippen molar-refractivity contribution in [1.29, 1.82) is 0 Å². The molecule has 1 amide bonds. The van der Waals surface area contributed by atoms with Crippen molar-refractivity contribution in [2.75, 3.05) is 7.11 Å². The van der Waals surface area contributed by atoms with Crippen LogP contribution in [-0.4, -0.2) is 23.0 Å². The molecular weight excluding hydrogens is 301 g/mol.